The number of carbonyl (C=O) groups is 2. The molecule has 1 aliphatic heterocycles. The number of hydrogen-bond acceptors (Lipinski definition) is 4. The van der Waals surface area contributed by atoms with Crippen molar-refractivity contribution in [1.29, 1.82) is 0 Å². The molecule has 0 radical (unpaired) electrons. The molecule has 1 atom stereocenters. The Morgan fingerprint density at radius 2 is 1.97 bits per heavy atom. The molecule has 0 saturated carbocycles. The molecule has 3 aromatic rings. The van der Waals surface area contributed by atoms with Gasteiger partial charge in [-0.3, -0.25) is 19.3 Å². The van der Waals surface area contributed by atoms with Crippen LogP contribution < -0.4 is 10.2 Å². The molecule has 2 amide bonds. The minimum absolute atomic E-state index is 0.126. The average molecular weight is 430 g/mol. The van der Waals surface area contributed by atoms with Gasteiger partial charge in [0, 0.05) is 18.4 Å². The van der Waals surface area contributed by atoms with Crippen LogP contribution in [0, 0.1) is 6.92 Å². The topological polar surface area (TPSA) is 80.1 Å². The minimum Gasteiger partial charge on any atom is -0.320 e. The summed E-state index contributed by atoms with van der Waals surface area (Å²) in [5.74, 6) is -0.748. The Bertz CT molecular complexity index is 1130. The van der Waals surface area contributed by atoms with Gasteiger partial charge in [-0.1, -0.05) is 23.2 Å². The fourth-order valence-corrected chi connectivity index (χ4v) is 3.62. The summed E-state index contributed by atoms with van der Waals surface area (Å²) in [6, 6.07) is 6.68. The number of nitrogens with zero attached hydrogens (tertiary/aromatic N) is 4. The molecule has 0 spiro atoms. The molecule has 29 heavy (non-hydrogen) atoms. The fourth-order valence-electron chi connectivity index (χ4n) is 3.33. The lowest BCUT2D eigenvalue weighted by Crippen LogP contribution is -2.43. The summed E-state index contributed by atoms with van der Waals surface area (Å²) in [7, 11) is 0. The molecule has 1 N–H and O–H groups in total. The van der Waals surface area contributed by atoms with E-state index in [2.05, 4.69) is 15.4 Å². The second kappa shape index (κ2) is 7.50. The molecule has 148 valence electrons. The van der Waals surface area contributed by atoms with E-state index in [-0.39, 0.29) is 23.2 Å². The van der Waals surface area contributed by atoms with E-state index in [1.54, 1.807) is 46.2 Å². The van der Waals surface area contributed by atoms with Gasteiger partial charge in [-0.2, -0.15) is 5.10 Å². The summed E-state index contributed by atoms with van der Waals surface area (Å²) in [6.45, 7) is 4.21. The quantitative estimate of drug-likeness (QED) is 0.670. The first-order valence-corrected chi connectivity index (χ1v) is 9.68. The summed E-state index contributed by atoms with van der Waals surface area (Å²) in [5.41, 5.74) is 2.50. The molecule has 1 aliphatic rings. The predicted octanol–water partition coefficient (Wildman–Crippen LogP) is 4.37. The fraction of sp³-hybridized carbons (Fsp3) is 0.200. The largest absolute Gasteiger partial charge is 0.320 e. The van der Waals surface area contributed by atoms with Crippen LogP contribution in [0.15, 0.2) is 42.9 Å². The number of carbonyl (C=O) groups excluding carboxylic acids is 2. The van der Waals surface area contributed by atoms with E-state index >= 15 is 0 Å². The van der Waals surface area contributed by atoms with Crippen molar-refractivity contribution in [2.24, 2.45) is 0 Å². The van der Waals surface area contributed by atoms with Crippen molar-refractivity contribution in [3.05, 3.63) is 69.7 Å². The Balaban J connectivity index is 1.69. The monoisotopic (exact) mass is 429 g/mol. The van der Waals surface area contributed by atoms with E-state index in [0.717, 1.165) is 5.56 Å². The number of nitrogens with one attached hydrogen (secondary N) is 1. The third kappa shape index (κ3) is 3.59. The molecule has 0 unspecified atom stereocenters. The molecule has 0 aliphatic carbocycles. The number of halogens is 2. The first kappa shape index (κ1) is 19.4. The van der Waals surface area contributed by atoms with Crippen LogP contribution in [-0.2, 0) is 0 Å². The number of rotatable bonds is 3. The van der Waals surface area contributed by atoms with Crippen LogP contribution in [0.2, 0.25) is 10.0 Å². The number of aromatic nitrogens is 3. The first-order valence-electron chi connectivity index (χ1n) is 8.92. The van der Waals surface area contributed by atoms with Gasteiger partial charge < -0.3 is 10.2 Å². The van der Waals surface area contributed by atoms with Gasteiger partial charge in [-0.05, 0) is 43.7 Å². The molecular formula is C20H17Cl2N5O2. The van der Waals surface area contributed by atoms with Crippen molar-refractivity contribution in [1.82, 2.24) is 14.8 Å². The molecule has 0 saturated heterocycles. The van der Waals surface area contributed by atoms with Crippen LogP contribution in [-0.4, -0.2) is 33.1 Å². The Hall–Kier alpha value is -2.90. The van der Waals surface area contributed by atoms with Crippen LogP contribution in [0.5, 0.6) is 0 Å². The summed E-state index contributed by atoms with van der Waals surface area (Å²) >= 11 is 12.1. The van der Waals surface area contributed by atoms with E-state index in [0.29, 0.717) is 28.0 Å². The number of amides is 2. The third-order valence-electron chi connectivity index (χ3n) is 4.70. The van der Waals surface area contributed by atoms with Gasteiger partial charge in [-0.25, -0.2) is 0 Å². The molecule has 7 nitrogen and oxygen atoms in total. The first-order chi connectivity index (χ1) is 13.8. The van der Waals surface area contributed by atoms with Crippen molar-refractivity contribution >= 4 is 46.4 Å². The third-order valence-corrected chi connectivity index (χ3v) is 5.44. The summed E-state index contributed by atoms with van der Waals surface area (Å²) in [6.07, 6.45) is 4.66. The van der Waals surface area contributed by atoms with Gasteiger partial charge >= 0.3 is 0 Å². The van der Waals surface area contributed by atoms with E-state index in [9.17, 15) is 9.59 Å². The van der Waals surface area contributed by atoms with Gasteiger partial charge in [0.1, 0.15) is 5.69 Å². The van der Waals surface area contributed by atoms with Gasteiger partial charge in [-0.15, -0.1) is 0 Å². The van der Waals surface area contributed by atoms with Crippen LogP contribution >= 0.6 is 23.2 Å². The van der Waals surface area contributed by atoms with E-state index < -0.39 is 5.91 Å². The molecular weight excluding hydrogens is 413 g/mol. The number of benzene rings is 1. The standard InChI is InChI=1S/C20H17Cl2N5O2/c1-11-5-13(8-23-7-11)25-19(28)15-9-24-27-12(2)10-26(20(29)18(15)27)14-3-4-16(21)17(22)6-14/h3-9,12H,10H2,1-2H3,(H,25,28)/t12-/m0/s1. The Morgan fingerprint density at radius 3 is 2.69 bits per heavy atom. The highest BCUT2D eigenvalue weighted by atomic mass is 35.5. The molecule has 9 heteroatoms. The number of pyridine rings is 1. The number of hydrogen-bond donors (Lipinski definition) is 1. The van der Waals surface area contributed by atoms with Gasteiger partial charge in [0.15, 0.2) is 0 Å². The molecule has 0 bridgehead atoms. The zero-order valence-electron chi connectivity index (χ0n) is 15.7. The van der Waals surface area contributed by atoms with Crippen LogP contribution in [0.3, 0.4) is 0 Å². The molecule has 0 fully saturated rings. The van der Waals surface area contributed by atoms with Crippen molar-refractivity contribution in [2.75, 3.05) is 16.8 Å². The normalized spacial score (nSPS) is 15.9. The number of fused-ring (bicyclic) bond motifs is 1. The van der Waals surface area contributed by atoms with Crippen LogP contribution in [0.4, 0.5) is 11.4 Å². The second-order valence-electron chi connectivity index (χ2n) is 6.92. The zero-order valence-corrected chi connectivity index (χ0v) is 17.2. The Labute approximate surface area is 177 Å². The van der Waals surface area contributed by atoms with E-state index in [1.807, 2.05) is 13.8 Å². The molecule has 1 aromatic carbocycles. The summed E-state index contributed by atoms with van der Waals surface area (Å²) in [5, 5.41) is 7.81. The molecule has 2 aromatic heterocycles. The smallest absolute Gasteiger partial charge is 0.277 e. The van der Waals surface area contributed by atoms with Gasteiger partial charge in [0.05, 0.1) is 39.7 Å². The SMILES string of the molecule is Cc1cncc(NC(=O)c2cnn3c2C(=O)N(c2ccc(Cl)c(Cl)c2)C[C@@H]3C)c1. The Morgan fingerprint density at radius 1 is 1.17 bits per heavy atom. The van der Waals surface area contributed by atoms with Crippen LogP contribution in [0.1, 0.15) is 39.4 Å². The lowest BCUT2D eigenvalue weighted by atomic mass is 10.1. The lowest BCUT2D eigenvalue weighted by molar-refractivity contribution is 0.0939. The highest BCUT2D eigenvalue weighted by molar-refractivity contribution is 6.42. The Kier molecular flexibility index (Phi) is 5.02. The zero-order chi connectivity index (χ0) is 20.7. The van der Waals surface area contributed by atoms with Crippen molar-refractivity contribution in [2.45, 2.75) is 19.9 Å². The van der Waals surface area contributed by atoms with Gasteiger partial charge in [0.2, 0.25) is 0 Å². The highest BCUT2D eigenvalue weighted by Gasteiger charge is 2.35. The lowest BCUT2D eigenvalue weighted by Gasteiger charge is -2.32. The predicted molar refractivity (Wildman–Crippen MR) is 112 cm³/mol. The van der Waals surface area contributed by atoms with Crippen molar-refractivity contribution in [3.63, 3.8) is 0 Å². The van der Waals surface area contributed by atoms with Gasteiger partial charge in [0.25, 0.3) is 11.8 Å². The molecule has 4 rings (SSSR count). The highest BCUT2D eigenvalue weighted by Crippen LogP contribution is 2.32. The maximum absolute atomic E-state index is 13.2. The summed E-state index contributed by atoms with van der Waals surface area (Å²) in [4.78, 5) is 31.7. The van der Waals surface area contributed by atoms with Crippen molar-refractivity contribution in [3.8, 4) is 0 Å². The summed E-state index contributed by atoms with van der Waals surface area (Å²) < 4.78 is 1.58. The maximum atomic E-state index is 13.2. The minimum atomic E-state index is -0.421. The van der Waals surface area contributed by atoms with Crippen LogP contribution in [0.25, 0.3) is 0 Å². The number of aryl methyl sites for hydroxylation is 1. The van der Waals surface area contributed by atoms with E-state index in [4.69, 9.17) is 23.2 Å². The van der Waals surface area contributed by atoms with E-state index in [1.165, 1.54) is 6.20 Å². The molecule has 3 heterocycles. The maximum Gasteiger partial charge on any atom is 0.277 e. The van der Waals surface area contributed by atoms with Crippen molar-refractivity contribution < 1.29 is 9.59 Å². The second-order valence-corrected chi connectivity index (χ2v) is 7.73. The number of anilines is 2. The average Bonchev–Trinajstić information content (AvgIpc) is 3.13.